The van der Waals surface area contributed by atoms with Gasteiger partial charge in [-0.3, -0.25) is 4.79 Å². The summed E-state index contributed by atoms with van der Waals surface area (Å²) in [6.45, 7) is 7.99. The Kier molecular flexibility index (Phi) is 12.9. The summed E-state index contributed by atoms with van der Waals surface area (Å²) in [5, 5.41) is 6.70. The van der Waals surface area contributed by atoms with E-state index < -0.39 is 0 Å². The van der Waals surface area contributed by atoms with Gasteiger partial charge in [0.2, 0.25) is 5.91 Å². The zero-order valence-corrected chi connectivity index (χ0v) is 22.6. The van der Waals surface area contributed by atoms with Crippen LogP contribution < -0.4 is 15.4 Å². The van der Waals surface area contributed by atoms with Crippen molar-refractivity contribution in [1.29, 1.82) is 0 Å². The Morgan fingerprint density at radius 3 is 2.52 bits per heavy atom. The minimum absolute atomic E-state index is 0. The monoisotopic (exact) mass is 575 g/mol. The summed E-state index contributed by atoms with van der Waals surface area (Å²) in [6.07, 6.45) is 1.18. The SMILES string of the molecule is CCOC(=O)N1CCC(NC(=NCC(=O)N(C)C)NCC(C)Oc2ccccc2C)CC1.I. The van der Waals surface area contributed by atoms with Gasteiger partial charge in [0.25, 0.3) is 0 Å². The quantitative estimate of drug-likeness (QED) is 0.281. The highest BCUT2D eigenvalue weighted by molar-refractivity contribution is 14.0. The summed E-state index contributed by atoms with van der Waals surface area (Å²) >= 11 is 0. The predicted octanol–water partition coefficient (Wildman–Crippen LogP) is 2.62. The predicted molar refractivity (Wildman–Crippen MR) is 140 cm³/mol. The fourth-order valence-electron chi connectivity index (χ4n) is 3.24. The number of likely N-dealkylation sites (tertiary alicyclic amines) is 1. The summed E-state index contributed by atoms with van der Waals surface area (Å²) in [5.41, 5.74) is 1.08. The molecule has 2 rings (SSSR count). The lowest BCUT2D eigenvalue weighted by Gasteiger charge is -2.32. The van der Waals surface area contributed by atoms with Crippen molar-refractivity contribution in [2.75, 3.05) is 46.9 Å². The number of rotatable bonds is 8. The number of halogens is 1. The van der Waals surface area contributed by atoms with Crippen molar-refractivity contribution in [3.05, 3.63) is 29.8 Å². The number of hydrogen-bond donors (Lipinski definition) is 2. The van der Waals surface area contributed by atoms with Gasteiger partial charge in [-0.25, -0.2) is 9.79 Å². The molecule has 33 heavy (non-hydrogen) atoms. The molecule has 186 valence electrons. The highest BCUT2D eigenvalue weighted by Crippen LogP contribution is 2.17. The van der Waals surface area contributed by atoms with Gasteiger partial charge >= 0.3 is 6.09 Å². The molecule has 1 aliphatic heterocycles. The van der Waals surface area contributed by atoms with Gasteiger partial charge in [-0.2, -0.15) is 0 Å². The number of nitrogens with one attached hydrogen (secondary N) is 2. The van der Waals surface area contributed by atoms with Crippen LogP contribution in [0.4, 0.5) is 4.79 Å². The number of benzene rings is 1. The molecule has 1 fully saturated rings. The maximum Gasteiger partial charge on any atom is 0.409 e. The maximum absolute atomic E-state index is 12.0. The van der Waals surface area contributed by atoms with Crippen LogP contribution in [0.1, 0.15) is 32.3 Å². The molecule has 2 N–H and O–H groups in total. The van der Waals surface area contributed by atoms with Crippen LogP contribution in [0, 0.1) is 6.92 Å². The smallest absolute Gasteiger partial charge is 0.409 e. The Bertz CT molecular complexity index is 782. The van der Waals surface area contributed by atoms with E-state index >= 15 is 0 Å². The third-order valence-corrected chi connectivity index (χ3v) is 5.21. The van der Waals surface area contributed by atoms with Crippen molar-refractivity contribution in [2.24, 2.45) is 4.99 Å². The second-order valence-corrected chi connectivity index (χ2v) is 8.13. The number of likely N-dealkylation sites (N-methyl/N-ethyl adjacent to an activating group) is 1. The molecule has 10 heteroatoms. The number of hydrogen-bond acceptors (Lipinski definition) is 5. The lowest BCUT2D eigenvalue weighted by atomic mass is 10.1. The van der Waals surface area contributed by atoms with E-state index in [2.05, 4.69) is 15.6 Å². The number of aryl methyl sites for hydroxylation is 1. The number of guanidine groups is 1. The largest absolute Gasteiger partial charge is 0.489 e. The van der Waals surface area contributed by atoms with Crippen LogP contribution >= 0.6 is 24.0 Å². The number of aliphatic imine (C=N–C) groups is 1. The number of amides is 2. The van der Waals surface area contributed by atoms with Crippen molar-refractivity contribution >= 4 is 41.9 Å². The van der Waals surface area contributed by atoms with Gasteiger partial charge in [0.15, 0.2) is 5.96 Å². The zero-order valence-electron chi connectivity index (χ0n) is 20.3. The molecular weight excluding hydrogens is 537 g/mol. The molecule has 1 aromatic rings. The Labute approximate surface area is 214 Å². The molecule has 1 aromatic carbocycles. The zero-order chi connectivity index (χ0) is 23.5. The molecule has 9 nitrogen and oxygen atoms in total. The minimum atomic E-state index is -0.267. The lowest BCUT2D eigenvalue weighted by Crippen LogP contribution is -2.51. The van der Waals surface area contributed by atoms with Crippen molar-refractivity contribution < 1.29 is 19.1 Å². The molecule has 1 saturated heterocycles. The molecular formula is C23H38IN5O4. The topological polar surface area (TPSA) is 95.5 Å². The van der Waals surface area contributed by atoms with Gasteiger partial charge in [0.05, 0.1) is 13.2 Å². The molecule has 1 heterocycles. The first-order valence-electron chi connectivity index (χ1n) is 11.2. The van der Waals surface area contributed by atoms with E-state index in [0.717, 1.165) is 24.2 Å². The van der Waals surface area contributed by atoms with Gasteiger partial charge in [-0.15, -0.1) is 24.0 Å². The maximum atomic E-state index is 12.0. The molecule has 1 unspecified atom stereocenters. The van der Waals surface area contributed by atoms with Gasteiger partial charge in [0.1, 0.15) is 18.4 Å². The standard InChI is InChI=1S/C23H37N5O4.HI/c1-6-31-23(30)28-13-11-19(12-14-28)26-22(25-16-21(29)27(4)5)24-15-18(3)32-20-10-8-7-9-17(20)2;/h7-10,18-19H,6,11-16H2,1-5H3,(H2,24,25,26);1H. The van der Waals surface area contributed by atoms with Gasteiger partial charge in [-0.1, -0.05) is 18.2 Å². The van der Waals surface area contributed by atoms with E-state index in [1.54, 1.807) is 25.9 Å². The minimum Gasteiger partial charge on any atom is -0.489 e. The normalized spacial score (nSPS) is 15.2. The number of carbonyl (C=O) groups excluding carboxylic acids is 2. The fourth-order valence-corrected chi connectivity index (χ4v) is 3.24. The molecule has 0 aliphatic carbocycles. The van der Waals surface area contributed by atoms with Crippen LogP contribution in [0.15, 0.2) is 29.3 Å². The molecule has 0 radical (unpaired) electrons. The van der Waals surface area contributed by atoms with Crippen molar-refractivity contribution in [2.45, 2.75) is 45.8 Å². The van der Waals surface area contributed by atoms with E-state index in [0.29, 0.717) is 32.2 Å². The molecule has 2 amide bonds. The third-order valence-electron chi connectivity index (χ3n) is 5.21. The highest BCUT2D eigenvalue weighted by atomic mass is 127. The third kappa shape index (κ3) is 10.1. The highest BCUT2D eigenvalue weighted by Gasteiger charge is 2.24. The molecule has 0 aromatic heterocycles. The van der Waals surface area contributed by atoms with Crippen LogP contribution in [0.25, 0.3) is 0 Å². The Hall–Kier alpha value is -2.24. The van der Waals surface area contributed by atoms with E-state index in [-0.39, 0.29) is 54.7 Å². The first-order chi connectivity index (χ1) is 15.3. The first kappa shape index (κ1) is 28.8. The number of nitrogens with zero attached hydrogens (tertiary/aromatic N) is 3. The van der Waals surface area contributed by atoms with Gasteiger partial charge in [-0.05, 0) is 45.2 Å². The Morgan fingerprint density at radius 2 is 1.91 bits per heavy atom. The second-order valence-electron chi connectivity index (χ2n) is 8.13. The van der Waals surface area contributed by atoms with Crippen molar-refractivity contribution in [3.63, 3.8) is 0 Å². The summed E-state index contributed by atoms with van der Waals surface area (Å²) in [4.78, 5) is 31.6. The molecule has 1 atom stereocenters. The Morgan fingerprint density at radius 1 is 1.24 bits per heavy atom. The van der Waals surface area contributed by atoms with Crippen LogP contribution in [0.2, 0.25) is 0 Å². The van der Waals surface area contributed by atoms with Crippen LogP contribution in [0.5, 0.6) is 5.75 Å². The molecule has 0 spiro atoms. The average molecular weight is 575 g/mol. The fraction of sp³-hybridized carbons (Fsp3) is 0.609. The number of carbonyl (C=O) groups is 2. The second kappa shape index (κ2) is 14.8. The van der Waals surface area contributed by atoms with E-state index in [1.807, 2.05) is 38.1 Å². The first-order valence-corrected chi connectivity index (χ1v) is 11.2. The van der Waals surface area contributed by atoms with Crippen LogP contribution in [-0.4, -0.2) is 86.8 Å². The summed E-state index contributed by atoms with van der Waals surface area (Å²) in [5.74, 6) is 1.34. The summed E-state index contributed by atoms with van der Waals surface area (Å²) in [6, 6.07) is 8.04. The van der Waals surface area contributed by atoms with E-state index in [4.69, 9.17) is 9.47 Å². The van der Waals surface area contributed by atoms with Crippen molar-refractivity contribution in [3.8, 4) is 5.75 Å². The summed E-state index contributed by atoms with van der Waals surface area (Å²) < 4.78 is 11.1. The van der Waals surface area contributed by atoms with E-state index in [1.165, 1.54) is 4.90 Å². The average Bonchev–Trinajstić information content (AvgIpc) is 2.77. The molecule has 1 aliphatic rings. The Balaban J connectivity index is 0.00000544. The van der Waals surface area contributed by atoms with Gasteiger partial charge in [0, 0.05) is 33.2 Å². The molecule has 0 bridgehead atoms. The molecule has 0 saturated carbocycles. The van der Waals surface area contributed by atoms with Crippen LogP contribution in [-0.2, 0) is 9.53 Å². The van der Waals surface area contributed by atoms with Crippen molar-refractivity contribution in [1.82, 2.24) is 20.4 Å². The summed E-state index contributed by atoms with van der Waals surface area (Å²) in [7, 11) is 3.42. The number of piperidine rings is 1. The number of ether oxygens (including phenoxy) is 2. The number of para-hydroxylation sites is 1. The van der Waals surface area contributed by atoms with Crippen LogP contribution in [0.3, 0.4) is 0 Å². The van der Waals surface area contributed by atoms with E-state index in [9.17, 15) is 9.59 Å². The van der Waals surface area contributed by atoms with Gasteiger partial charge < -0.3 is 29.9 Å². The lowest BCUT2D eigenvalue weighted by molar-refractivity contribution is -0.127.